The van der Waals surface area contributed by atoms with Crippen molar-refractivity contribution < 1.29 is 23.5 Å². The van der Waals surface area contributed by atoms with Gasteiger partial charge in [0.15, 0.2) is 0 Å². The van der Waals surface area contributed by atoms with Crippen molar-refractivity contribution in [2.24, 2.45) is 0 Å². The summed E-state index contributed by atoms with van der Waals surface area (Å²) in [6.45, 7) is 2.13. The smallest absolute Gasteiger partial charge is 0.311 e. The lowest BCUT2D eigenvalue weighted by Gasteiger charge is -2.34. The summed E-state index contributed by atoms with van der Waals surface area (Å²) in [6.07, 6.45) is 0.368. The van der Waals surface area contributed by atoms with Crippen molar-refractivity contribution in [2.45, 2.75) is 25.8 Å². The molecule has 148 valence electrons. The Labute approximate surface area is 167 Å². The molecule has 1 aliphatic rings. The molecule has 2 heterocycles. The molecule has 0 bridgehead atoms. The van der Waals surface area contributed by atoms with Crippen LogP contribution in [-0.4, -0.2) is 42.5 Å². The summed E-state index contributed by atoms with van der Waals surface area (Å²) in [5.74, 6) is -0.915. The first-order valence-corrected chi connectivity index (χ1v) is 9.31. The molecule has 1 aromatic heterocycles. The van der Waals surface area contributed by atoms with Gasteiger partial charge in [-0.05, 0) is 42.7 Å². The average molecular weight is 407 g/mol. The van der Waals surface area contributed by atoms with Crippen molar-refractivity contribution in [3.05, 3.63) is 53.0 Å². The average Bonchev–Trinajstić information content (AvgIpc) is 2.69. The number of ether oxygens (including phenoxy) is 2. The Morgan fingerprint density at radius 2 is 2.07 bits per heavy atom. The molecule has 0 saturated carbocycles. The number of carbonyl (C=O) groups excluding carboxylic acids is 2. The Bertz CT molecular complexity index is 889. The molecule has 0 unspecified atom stereocenters. The molecule has 0 N–H and O–H groups in total. The number of hydrogen-bond donors (Lipinski definition) is 0. The molecule has 1 atom stereocenters. The quantitative estimate of drug-likeness (QED) is 0.564. The fourth-order valence-electron chi connectivity index (χ4n) is 3.13. The Morgan fingerprint density at radius 3 is 2.71 bits per heavy atom. The number of anilines is 1. The molecular weight excluding hydrogens is 387 g/mol. The highest BCUT2D eigenvalue weighted by atomic mass is 35.5. The highest BCUT2D eigenvalue weighted by Gasteiger charge is 2.31. The lowest BCUT2D eigenvalue weighted by Crippen LogP contribution is -2.46. The summed E-state index contributed by atoms with van der Waals surface area (Å²) in [7, 11) is 1.30. The molecule has 0 fully saturated rings. The number of alkyl halides is 1. The van der Waals surface area contributed by atoms with Crippen molar-refractivity contribution in [3.63, 3.8) is 0 Å². The van der Waals surface area contributed by atoms with Gasteiger partial charge in [0.25, 0.3) is 0 Å². The number of carbonyl (C=O) groups is 2. The lowest BCUT2D eigenvalue weighted by atomic mass is 10.0. The van der Waals surface area contributed by atoms with E-state index in [0.717, 1.165) is 11.1 Å². The fraction of sp³-hybridized carbons (Fsp3) is 0.350. The second-order valence-electron chi connectivity index (χ2n) is 6.53. The minimum Gasteiger partial charge on any atom is -0.474 e. The van der Waals surface area contributed by atoms with E-state index in [0.29, 0.717) is 17.8 Å². The highest BCUT2D eigenvalue weighted by molar-refractivity contribution is 6.29. The van der Waals surface area contributed by atoms with Gasteiger partial charge in [0, 0.05) is 0 Å². The van der Waals surface area contributed by atoms with Crippen LogP contribution in [0.1, 0.15) is 23.7 Å². The van der Waals surface area contributed by atoms with Crippen LogP contribution in [0, 0.1) is 5.82 Å². The molecule has 0 radical (unpaired) electrons. The van der Waals surface area contributed by atoms with E-state index in [4.69, 9.17) is 21.1 Å². The van der Waals surface area contributed by atoms with Crippen LogP contribution >= 0.6 is 11.6 Å². The van der Waals surface area contributed by atoms with Gasteiger partial charge in [0.1, 0.15) is 24.0 Å². The van der Waals surface area contributed by atoms with Gasteiger partial charge in [0.05, 0.1) is 25.3 Å². The molecule has 0 aliphatic carbocycles. The van der Waals surface area contributed by atoms with Crippen molar-refractivity contribution in [2.75, 3.05) is 24.5 Å². The van der Waals surface area contributed by atoms with E-state index in [2.05, 4.69) is 4.98 Å². The van der Waals surface area contributed by atoms with Gasteiger partial charge < -0.3 is 14.4 Å². The van der Waals surface area contributed by atoms with Crippen LogP contribution in [0.25, 0.3) is 0 Å². The molecule has 6 nitrogen and oxygen atoms in total. The number of halogens is 2. The number of esters is 1. The topological polar surface area (TPSA) is 68.7 Å². The van der Waals surface area contributed by atoms with Crippen LogP contribution in [-0.2, 0) is 27.2 Å². The van der Waals surface area contributed by atoms with Gasteiger partial charge in [-0.15, -0.1) is 11.6 Å². The van der Waals surface area contributed by atoms with Crippen LogP contribution in [0.5, 0.6) is 5.88 Å². The van der Waals surface area contributed by atoms with Crippen LogP contribution < -0.4 is 9.64 Å². The third-order valence-corrected chi connectivity index (χ3v) is 4.76. The summed E-state index contributed by atoms with van der Waals surface area (Å²) < 4.78 is 23.7. The van der Waals surface area contributed by atoms with E-state index in [1.165, 1.54) is 19.2 Å². The third kappa shape index (κ3) is 4.25. The van der Waals surface area contributed by atoms with Gasteiger partial charge in [-0.3, -0.25) is 9.59 Å². The van der Waals surface area contributed by atoms with Gasteiger partial charge in [0.2, 0.25) is 11.8 Å². The predicted molar refractivity (Wildman–Crippen MR) is 102 cm³/mol. The Hall–Kier alpha value is -2.67. The molecule has 0 spiro atoms. The standard InChI is InChI=1S/C20H20ClFN2O4/c1-12-11-28-20-17(24(12)18(25)10-21)8-14(16(23-20)9-19(26)27-2)7-13-3-5-15(22)6-4-13/h3-6,8,12H,7,9-11H2,1-2H3/t12-/m0/s1. The minimum atomic E-state index is -0.439. The van der Waals surface area contributed by atoms with E-state index >= 15 is 0 Å². The molecule has 1 amide bonds. The number of pyridine rings is 1. The Balaban J connectivity index is 2.06. The number of amides is 1. The first-order valence-electron chi connectivity index (χ1n) is 8.77. The number of rotatable bonds is 5. The largest absolute Gasteiger partial charge is 0.474 e. The molecule has 3 rings (SSSR count). The van der Waals surface area contributed by atoms with Gasteiger partial charge in [-0.1, -0.05) is 12.1 Å². The van der Waals surface area contributed by atoms with E-state index in [1.54, 1.807) is 23.1 Å². The van der Waals surface area contributed by atoms with Crippen LogP contribution in [0.2, 0.25) is 0 Å². The number of fused-ring (bicyclic) bond motifs is 1. The van der Waals surface area contributed by atoms with Crippen molar-refractivity contribution >= 4 is 29.2 Å². The summed E-state index contributed by atoms with van der Waals surface area (Å²) in [5.41, 5.74) is 2.56. The number of aromatic nitrogens is 1. The fourth-order valence-corrected chi connectivity index (χ4v) is 3.26. The molecule has 28 heavy (non-hydrogen) atoms. The maximum Gasteiger partial charge on any atom is 0.311 e. The number of methoxy groups -OCH3 is 1. The van der Waals surface area contributed by atoms with E-state index in [-0.39, 0.29) is 42.6 Å². The van der Waals surface area contributed by atoms with Crippen LogP contribution in [0.4, 0.5) is 10.1 Å². The summed E-state index contributed by atoms with van der Waals surface area (Å²) in [4.78, 5) is 30.2. The Morgan fingerprint density at radius 1 is 1.36 bits per heavy atom. The molecule has 2 aromatic rings. The number of nitrogens with zero attached hydrogens (tertiary/aromatic N) is 2. The number of hydrogen-bond acceptors (Lipinski definition) is 5. The zero-order valence-corrected chi connectivity index (χ0v) is 16.3. The molecule has 8 heteroatoms. The molecule has 1 aromatic carbocycles. The normalized spacial score (nSPS) is 15.6. The van der Waals surface area contributed by atoms with Crippen molar-refractivity contribution in [1.82, 2.24) is 4.98 Å². The molecule has 1 aliphatic heterocycles. The van der Waals surface area contributed by atoms with Crippen molar-refractivity contribution in [3.8, 4) is 5.88 Å². The first kappa shape index (κ1) is 20.1. The van der Waals surface area contributed by atoms with E-state index in [1.807, 2.05) is 6.92 Å². The summed E-state index contributed by atoms with van der Waals surface area (Å²) >= 11 is 5.77. The summed E-state index contributed by atoms with van der Waals surface area (Å²) in [6, 6.07) is 7.65. The van der Waals surface area contributed by atoms with Crippen LogP contribution in [0.3, 0.4) is 0 Å². The zero-order chi connectivity index (χ0) is 20.3. The molecular formula is C20H20ClFN2O4. The maximum atomic E-state index is 13.2. The SMILES string of the molecule is COC(=O)Cc1nc2c(cc1Cc1ccc(F)cc1)N(C(=O)CCl)[C@@H](C)CO2. The van der Waals surface area contributed by atoms with E-state index in [9.17, 15) is 14.0 Å². The van der Waals surface area contributed by atoms with Gasteiger partial charge in [-0.25, -0.2) is 9.37 Å². The molecule has 0 saturated heterocycles. The lowest BCUT2D eigenvalue weighted by molar-refractivity contribution is -0.139. The monoisotopic (exact) mass is 406 g/mol. The second-order valence-corrected chi connectivity index (χ2v) is 6.80. The second kappa shape index (κ2) is 8.56. The number of benzene rings is 1. The summed E-state index contributed by atoms with van der Waals surface area (Å²) in [5, 5.41) is 0. The van der Waals surface area contributed by atoms with Gasteiger partial charge >= 0.3 is 5.97 Å². The third-order valence-electron chi connectivity index (χ3n) is 4.53. The first-order chi connectivity index (χ1) is 13.4. The maximum absolute atomic E-state index is 13.2. The van der Waals surface area contributed by atoms with E-state index < -0.39 is 5.97 Å². The minimum absolute atomic E-state index is 0.0390. The predicted octanol–water partition coefficient (Wildman–Crippen LogP) is 2.88. The zero-order valence-electron chi connectivity index (χ0n) is 15.6. The van der Waals surface area contributed by atoms with Crippen LogP contribution in [0.15, 0.2) is 30.3 Å². The van der Waals surface area contributed by atoms with Gasteiger partial charge in [-0.2, -0.15) is 0 Å². The van der Waals surface area contributed by atoms with Crippen molar-refractivity contribution in [1.29, 1.82) is 0 Å². The Kier molecular flexibility index (Phi) is 6.14. The highest BCUT2D eigenvalue weighted by Crippen LogP contribution is 2.35.